The second-order valence-corrected chi connectivity index (χ2v) is 7.72. The van der Waals surface area contributed by atoms with Crippen LogP contribution in [0.2, 0.25) is 0 Å². The number of oxazole rings is 1. The van der Waals surface area contributed by atoms with E-state index in [2.05, 4.69) is 19.9 Å². The minimum atomic E-state index is -0.610. The van der Waals surface area contributed by atoms with Gasteiger partial charge in [-0.15, -0.1) is 11.3 Å². The fraction of sp³-hybridized carbons (Fsp3) is 0.0870. The van der Waals surface area contributed by atoms with Crippen LogP contribution in [0.4, 0.5) is 0 Å². The average Bonchev–Trinajstić information content (AvgIpc) is 3.50. The van der Waals surface area contributed by atoms with Crippen LogP contribution in [-0.4, -0.2) is 33.0 Å². The minimum Gasteiger partial charge on any atom is -0.497 e. The van der Waals surface area contributed by atoms with Crippen molar-refractivity contribution in [3.63, 3.8) is 0 Å². The van der Waals surface area contributed by atoms with E-state index in [1.54, 1.807) is 7.11 Å². The molecule has 5 aromatic rings. The summed E-state index contributed by atoms with van der Waals surface area (Å²) < 4.78 is 17.1. The molecule has 3 heterocycles. The van der Waals surface area contributed by atoms with Gasteiger partial charge in [0.25, 0.3) is 0 Å². The van der Waals surface area contributed by atoms with Gasteiger partial charge in [0.15, 0.2) is 5.69 Å². The zero-order valence-corrected chi connectivity index (χ0v) is 17.7. The zero-order valence-electron chi connectivity index (χ0n) is 16.9. The summed E-state index contributed by atoms with van der Waals surface area (Å²) >= 11 is 1.44. The number of nitrogens with zero attached hydrogens (tertiary/aromatic N) is 4. The predicted octanol–water partition coefficient (Wildman–Crippen LogP) is 4.77. The van der Waals surface area contributed by atoms with Crippen molar-refractivity contribution in [1.29, 1.82) is 0 Å². The van der Waals surface area contributed by atoms with E-state index >= 15 is 0 Å². The van der Waals surface area contributed by atoms with Crippen LogP contribution in [0, 0.1) is 0 Å². The number of hydrogen-bond acceptors (Lipinski definition) is 9. The van der Waals surface area contributed by atoms with E-state index in [1.165, 1.54) is 30.0 Å². The van der Waals surface area contributed by atoms with E-state index in [0.717, 1.165) is 21.5 Å². The molecule has 158 valence electrons. The van der Waals surface area contributed by atoms with Crippen molar-refractivity contribution in [3.05, 3.63) is 78.6 Å². The van der Waals surface area contributed by atoms with E-state index in [-0.39, 0.29) is 12.3 Å². The van der Waals surface area contributed by atoms with Crippen molar-refractivity contribution < 1.29 is 18.7 Å². The molecule has 0 aliphatic rings. The highest BCUT2D eigenvalue weighted by atomic mass is 32.1. The Morgan fingerprint density at radius 3 is 2.66 bits per heavy atom. The number of carbonyl (C=O) groups is 1. The molecule has 0 saturated heterocycles. The summed E-state index contributed by atoms with van der Waals surface area (Å²) in [7, 11) is 1.60. The topological polar surface area (TPSA) is 100 Å². The number of methoxy groups -OCH3 is 1. The van der Waals surface area contributed by atoms with E-state index in [9.17, 15) is 4.79 Å². The summed E-state index contributed by atoms with van der Waals surface area (Å²) in [6.07, 6.45) is 4.43. The highest BCUT2D eigenvalue weighted by Gasteiger charge is 2.20. The predicted molar refractivity (Wildman–Crippen MR) is 118 cm³/mol. The smallest absolute Gasteiger partial charge is 0.359 e. The molecule has 5 rings (SSSR count). The molecule has 3 aromatic heterocycles. The van der Waals surface area contributed by atoms with Crippen LogP contribution in [-0.2, 0) is 11.3 Å². The molecule has 0 radical (unpaired) electrons. The Balaban J connectivity index is 1.32. The van der Waals surface area contributed by atoms with E-state index in [4.69, 9.17) is 13.9 Å². The number of thiazole rings is 1. The number of aromatic nitrogens is 4. The molecule has 8 nitrogen and oxygen atoms in total. The van der Waals surface area contributed by atoms with Gasteiger partial charge in [0.2, 0.25) is 5.89 Å². The standard InChI is InChI=1S/C23H16N4O4S/c1-29-16-8-6-14(7-9-16)21-26-15(12-30-21)13-31-23(28)20-19(24-10-11-25-20)22-27-17-4-2-3-5-18(17)32-22/h2-12H,13H2,1H3. The maximum Gasteiger partial charge on any atom is 0.359 e. The lowest BCUT2D eigenvalue weighted by Gasteiger charge is -2.05. The van der Waals surface area contributed by atoms with Gasteiger partial charge in [-0.2, -0.15) is 0 Å². The van der Waals surface area contributed by atoms with Gasteiger partial charge in [-0.05, 0) is 36.4 Å². The van der Waals surface area contributed by atoms with Crippen LogP contribution in [0.5, 0.6) is 5.75 Å². The van der Waals surface area contributed by atoms with E-state index in [0.29, 0.717) is 22.3 Å². The Morgan fingerprint density at radius 2 is 1.84 bits per heavy atom. The van der Waals surface area contributed by atoms with Gasteiger partial charge in [0, 0.05) is 18.0 Å². The molecule has 0 fully saturated rings. The summed E-state index contributed by atoms with van der Waals surface area (Å²) in [5, 5.41) is 0.606. The first-order valence-corrected chi connectivity index (χ1v) is 10.5. The second-order valence-electron chi connectivity index (χ2n) is 6.69. The van der Waals surface area contributed by atoms with Crippen molar-refractivity contribution in [1.82, 2.24) is 19.9 Å². The summed E-state index contributed by atoms with van der Waals surface area (Å²) in [4.78, 5) is 30.2. The first kappa shape index (κ1) is 19.8. The van der Waals surface area contributed by atoms with Crippen LogP contribution in [0.3, 0.4) is 0 Å². The maximum absolute atomic E-state index is 12.8. The van der Waals surface area contributed by atoms with Gasteiger partial charge in [-0.1, -0.05) is 12.1 Å². The van der Waals surface area contributed by atoms with Crippen molar-refractivity contribution in [2.45, 2.75) is 6.61 Å². The molecule has 0 aliphatic heterocycles. The van der Waals surface area contributed by atoms with Crippen molar-refractivity contribution in [3.8, 4) is 27.9 Å². The molecule has 0 atom stereocenters. The number of esters is 1. The third-order valence-electron chi connectivity index (χ3n) is 4.63. The Bertz CT molecular complexity index is 1360. The number of hydrogen-bond donors (Lipinski definition) is 0. The number of para-hydroxylation sites is 1. The maximum atomic E-state index is 12.8. The van der Waals surface area contributed by atoms with Crippen molar-refractivity contribution >= 4 is 27.5 Å². The third-order valence-corrected chi connectivity index (χ3v) is 5.67. The highest BCUT2D eigenvalue weighted by Crippen LogP contribution is 2.30. The van der Waals surface area contributed by atoms with Crippen molar-refractivity contribution in [2.24, 2.45) is 0 Å². The fourth-order valence-electron chi connectivity index (χ4n) is 3.06. The minimum absolute atomic E-state index is 0.0612. The number of carbonyl (C=O) groups excluding carboxylic acids is 1. The van der Waals surface area contributed by atoms with Crippen LogP contribution >= 0.6 is 11.3 Å². The normalized spacial score (nSPS) is 10.9. The number of fused-ring (bicyclic) bond motifs is 1. The molecule has 9 heteroatoms. The fourth-order valence-corrected chi connectivity index (χ4v) is 4.03. The highest BCUT2D eigenvalue weighted by molar-refractivity contribution is 7.21. The Morgan fingerprint density at radius 1 is 1.03 bits per heavy atom. The molecule has 0 unspecified atom stereocenters. The SMILES string of the molecule is COc1ccc(-c2nc(COC(=O)c3nccnc3-c3nc4ccccc4s3)co2)cc1. The van der Waals surface area contributed by atoms with Crippen LogP contribution in [0.1, 0.15) is 16.2 Å². The molecule has 32 heavy (non-hydrogen) atoms. The quantitative estimate of drug-likeness (QED) is 0.345. The molecule has 0 bridgehead atoms. The van der Waals surface area contributed by atoms with E-state index < -0.39 is 5.97 Å². The summed E-state index contributed by atoms with van der Waals surface area (Å²) in [5.74, 6) is 0.553. The monoisotopic (exact) mass is 444 g/mol. The lowest BCUT2D eigenvalue weighted by atomic mass is 10.2. The molecule has 0 saturated carbocycles. The van der Waals surface area contributed by atoms with Crippen LogP contribution < -0.4 is 4.74 Å². The largest absolute Gasteiger partial charge is 0.497 e. The van der Waals surface area contributed by atoms with Crippen LogP contribution in [0.15, 0.2) is 71.6 Å². The van der Waals surface area contributed by atoms with Gasteiger partial charge in [0.05, 0.1) is 17.3 Å². The van der Waals surface area contributed by atoms with Gasteiger partial charge in [0.1, 0.15) is 35.0 Å². The van der Waals surface area contributed by atoms with Gasteiger partial charge >= 0.3 is 5.97 Å². The Labute approximate surface area is 186 Å². The lowest BCUT2D eigenvalue weighted by molar-refractivity contribution is 0.0461. The number of ether oxygens (including phenoxy) is 2. The first-order chi connectivity index (χ1) is 15.7. The molecule has 0 aliphatic carbocycles. The van der Waals surface area contributed by atoms with Crippen LogP contribution in [0.25, 0.3) is 32.4 Å². The van der Waals surface area contributed by atoms with Gasteiger partial charge in [-0.3, -0.25) is 0 Å². The second kappa shape index (κ2) is 8.56. The number of rotatable bonds is 6. The molecule has 0 spiro atoms. The van der Waals surface area contributed by atoms with Crippen molar-refractivity contribution in [2.75, 3.05) is 7.11 Å². The third kappa shape index (κ3) is 3.93. The molecular formula is C23H16N4O4S. The summed E-state index contributed by atoms with van der Waals surface area (Å²) in [6.45, 7) is -0.0612. The zero-order chi connectivity index (χ0) is 21.9. The lowest BCUT2D eigenvalue weighted by Crippen LogP contribution is -2.10. The average molecular weight is 444 g/mol. The van der Waals surface area contributed by atoms with E-state index in [1.807, 2.05) is 48.5 Å². The molecule has 2 aromatic carbocycles. The summed E-state index contributed by atoms with van der Waals surface area (Å²) in [5.41, 5.74) is 2.60. The van der Waals surface area contributed by atoms with Gasteiger partial charge in [-0.25, -0.2) is 24.7 Å². The Kier molecular flexibility index (Phi) is 5.30. The first-order valence-electron chi connectivity index (χ1n) is 9.64. The molecular weight excluding hydrogens is 428 g/mol. The van der Waals surface area contributed by atoms with Gasteiger partial charge < -0.3 is 13.9 Å². The molecule has 0 amide bonds. The summed E-state index contributed by atoms with van der Waals surface area (Å²) in [6, 6.07) is 15.0. The molecule has 0 N–H and O–H groups in total. The Hall–Kier alpha value is -4.11. The number of benzene rings is 2.